The number of morpholine rings is 1. The standard InChI is InChI=1S/C12H18ClN3O2/c1-8-7-18-9(6-17)4-16(8)5-11-10(13)2-3-12(14)15-11/h2-3,8-9,17H,4-7H2,1H3,(H2,14,15). The van der Waals surface area contributed by atoms with Gasteiger partial charge in [-0.1, -0.05) is 11.6 Å². The summed E-state index contributed by atoms with van der Waals surface area (Å²) in [5.74, 6) is 0.467. The van der Waals surface area contributed by atoms with Gasteiger partial charge in [-0.2, -0.15) is 0 Å². The second kappa shape index (κ2) is 5.84. The van der Waals surface area contributed by atoms with Crippen molar-refractivity contribution in [3.63, 3.8) is 0 Å². The molecule has 0 radical (unpaired) electrons. The lowest BCUT2D eigenvalue weighted by Gasteiger charge is -2.37. The van der Waals surface area contributed by atoms with E-state index in [1.54, 1.807) is 12.1 Å². The first-order chi connectivity index (χ1) is 8.60. The van der Waals surface area contributed by atoms with Crippen LogP contribution in [-0.2, 0) is 11.3 Å². The maximum Gasteiger partial charge on any atom is 0.123 e. The van der Waals surface area contributed by atoms with E-state index in [2.05, 4.69) is 16.8 Å². The molecule has 0 aromatic carbocycles. The Labute approximate surface area is 112 Å². The molecule has 1 fully saturated rings. The van der Waals surface area contributed by atoms with Gasteiger partial charge in [0.2, 0.25) is 0 Å². The molecular weight excluding hydrogens is 254 g/mol. The number of nitrogens with zero attached hydrogens (tertiary/aromatic N) is 2. The fourth-order valence-corrected chi connectivity index (χ4v) is 2.18. The van der Waals surface area contributed by atoms with Gasteiger partial charge in [0.25, 0.3) is 0 Å². The van der Waals surface area contributed by atoms with Crippen LogP contribution in [0.3, 0.4) is 0 Å². The smallest absolute Gasteiger partial charge is 0.123 e. The Balaban J connectivity index is 2.09. The molecular formula is C12H18ClN3O2. The summed E-state index contributed by atoms with van der Waals surface area (Å²) in [5, 5.41) is 9.76. The zero-order chi connectivity index (χ0) is 13.1. The number of hydrogen-bond acceptors (Lipinski definition) is 5. The quantitative estimate of drug-likeness (QED) is 0.855. The Hall–Kier alpha value is -0.880. The summed E-state index contributed by atoms with van der Waals surface area (Å²) in [6.07, 6.45) is -0.138. The van der Waals surface area contributed by atoms with Gasteiger partial charge in [0.1, 0.15) is 5.82 Å². The fourth-order valence-electron chi connectivity index (χ4n) is 2.01. The number of aromatic nitrogens is 1. The van der Waals surface area contributed by atoms with Gasteiger partial charge in [0.05, 0.1) is 30.0 Å². The van der Waals surface area contributed by atoms with Gasteiger partial charge >= 0.3 is 0 Å². The van der Waals surface area contributed by atoms with Crippen LogP contribution in [0.1, 0.15) is 12.6 Å². The molecule has 0 amide bonds. The van der Waals surface area contributed by atoms with E-state index in [0.717, 1.165) is 5.69 Å². The molecule has 2 unspecified atom stereocenters. The molecule has 2 rings (SSSR count). The maximum absolute atomic E-state index is 9.15. The fraction of sp³-hybridized carbons (Fsp3) is 0.583. The van der Waals surface area contributed by atoms with Crippen LogP contribution in [0.15, 0.2) is 12.1 Å². The minimum Gasteiger partial charge on any atom is -0.394 e. The van der Waals surface area contributed by atoms with Crippen LogP contribution < -0.4 is 5.73 Å². The number of halogens is 1. The van der Waals surface area contributed by atoms with Crippen molar-refractivity contribution >= 4 is 17.4 Å². The van der Waals surface area contributed by atoms with E-state index in [1.807, 2.05) is 0 Å². The molecule has 5 nitrogen and oxygen atoms in total. The van der Waals surface area contributed by atoms with E-state index < -0.39 is 0 Å². The molecule has 1 saturated heterocycles. The monoisotopic (exact) mass is 271 g/mol. The summed E-state index contributed by atoms with van der Waals surface area (Å²) < 4.78 is 5.49. The van der Waals surface area contributed by atoms with Crippen molar-refractivity contribution in [2.24, 2.45) is 0 Å². The summed E-state index contributed by atoms with van der Waals surface area (Å²) >= 11 is 6.11. The molecule has 0 spiro atoms. The number of hydrogen-bond donors (Lipinski definition) is 2. The number of aliphatic hydroxyl groups is 1. The summed E-state index contributed by atoms with van der Waals surface area (Å²) in [4.78, 5) is 6.45. The molecule has 1 aromatic rings. The van der Waals surface area contributed by atoms with Crippen LogP contribution in [0.4, 0.5) is 5.82 Å². The van der Waals surface area contributed by atoms with Gasteiger partial charge in [0, 0.05) is 19.1 Å². The Morgan fingerprint density at radius 2 is 2.39 bits per heavy atom. The molecule has 1 aliphatic rings. The highest BCUT2D eigenvalue weighted by atomic mass is 35.5. The van der Waals surface area contributed by atoms with Crippen molar-refractivity contribution < 1.29 is 9.84 Å². The predicted molar refractivity (Wildman–Crippen MR) is 70.4 cm³/mol. The zero-order valence-electron chi connectivity index (χ0n) is 10.3. The largest absolute Gasteiger partial charge is 0.394 e. The van der Waals surface area contributed by atoms with Gasteiger partial charge < -0.3 is 15.6 Å². The van der Waals surface area contributed by atoms with Crippen LogP contribution in [0.25, 0.3) is 0 Å². The molecule has 0 saturated carbocycles. The minimum atomic E-state index is -0.138. The number of anilines is 1. The number of nitrogens with two attached hydrogens (primary N) is 1. The molecule has 3 N–H and O–H groups in total. The Morgan fingerprint density at radius 3 is 3.11 bits per heavy atom. The lowest BCUT2D eigenvalue weighted by atomic mass is 10.2. The highest BCUT2D eigenvalue weighted by Crippen LogP contribution is 2.20. The van der Waals surface area contributed by atoms with Crippen molar-refractivity contribution in [1.82, 2.24) is 9.88 Å². The van der Waals surface area contributed by atoms with E-state index in [9.17, 15) is 0 Å². The lowest BCUT2D eigenvalue weighted by molar-refractivity contribution is -0.0808. The van der Waals surface area contributed by atoms with E-state index >= 15 is 0 Å². The second-order valence-electron chi connectivity index (χ2n) is 4.58. The van der Waals surface area contributed by atoms with Crippen molar-refractivity contribution in [3.8, 4) is 0 Å². The SMILES string of the molecule is CC1COC(CO)CN1Cc1nc(N)ccc1Cl. The molecule has 6 heteroatoms. The predicted octanol–water partition coefficient (Wildman–Crippen LogP) is 0.899. The lowest BCUT2D eigenvalue weighted by Crippen LogP contribution is -2.49. The highest BCUT2D eigenvalue weighted by Gasteiger charge is 2.26. The Morgan fingerprint density at radius 1 is 1.61 bits per heavy atom. The van der Waals surface area contributed by atoms with E-state index in [1.165, 1.54) is 0 Å². The Bertz CT molecular complexity index is 416. The third-order valence-corrected chi connectivity index (χ3v) is 3.48. The number of rotatable bonds is 3. The van der Waals surface area contributed by atoms with Crippen LogP contribution in [0, 0.1) is 0 Å². The number of nitrogen functional groups attached to an aromatic ring is 1. The molecule has 0 aliphatic carbocycles. The third-order valence-electron chi connectivity index (χ3n) is 3.13. The molecule has 2 heterocycles. The molecule has 2 atom stereocenters. The molecule has 0 bridgehead atoms. The highest BCUT2D eigenvalue weighted by molar-refractivity contribution is 6.31. The molecule has 1 aromatic heterocycles. The van der Waals surface area contributed by atoms with Gasteiger partial charge in [-0.15, -0.1) is 0 Å². The van der Waals surface area contributed by atoms with E-state index in [4.69, 9.17) is 27.2 Å². The normalized spacial score (nSPS) is 25.3. The van der Waals surface area contributed by atoms with Gasteiger partial charge in [0.15, 0.2) is 0 Å². The number of ether oxygens (including phenoxy) is 1. The average molecular weight is 272 g/mol. The maximum atomic E-state index is 9.15. The van der Waals surface area contributed by atoms with Crippen LogP contribution in [0.2, 0.25) is 5.02 Å². The summed E-state index contributed by atoms with van der Waals surface area (Å²) in [7, 11) is 0. The average Bonchev–Trinajstić information content (AvgIpc) is 2.36. The van der Waals surface area contributed by atoms with Crippen molar-refractivity contribution in [2.45, 2.75) is 25.6 Å². The summed E-state index contributed by atoms with van der Waals surface area (Å²) in [6, 6.07) is 3.71. The van der Waals surface area contributed by atoms with E-state index in [0.29, 0.717) is 30.5 Å². The first-order valence-corrected chi connectivity index (χ1v) is 6.35. The first-order valence-electron chi connectivity index (χ1n) is 5.97. The number of pyridine rings is 1. The second-order valence-corrected chi connectivity index (χ2v) is 4.99. The first kappa shape index (κ1) is 13.5. The Kier molecular flexibility index (Phi) is 4.40. The molecule has 1 aliphatic heterocycles. The van der Waals surface area contributed by atoms with Crippen LogP contribution >= 0.6 is 11.6 Å². The number of aliphatic hydroxyl groups excluding tert-OH is 1. The van der Waals surface area contributed by atoms with Gasteiger partial charge in [-0.3, -0.25) is 4.90 Å². The van der Waals surface area contributed by atoms with Gasteiger partial charge in [-0.05, 0) is 19.1 Å². The summed E-state index contributed by atoms with van der Waals surface area (Å²) in [5.41, 5.74) is 6.43. The minimum absolute atomic E-state index is 0.0291. The summed E-state index contributed by atoms with van der Waals surface area (Å²) in [6.45, 7) is 4.00. The van der Waals surface area contributed by atoms with Crippen LogP contribution in [-0.4, -0.2) is 46.9 Å². The van der Waals surface area contributed by atoms with Crippen LogP contribution in [0.5, 0.6) is 0 Å². The zero-order valence-corrected chi connectivity index (χ0v) is 11.1. The van der Waals surface area contributed by atoms with Crippen molar-refractivity contribution in [2.75, 3.05) is 25.5 Å². The third kappa shape index (κ3) is 3.11. The molecule has 18 heavy (non-hydrogen) atoms. The van der Waals surface area contributed by atoms with E-state index in [-0.39, 0.29) is 18.8 Å². The molecule has 100 valence electrons. The van der Waals surface area contributed by atoms with Crippen molar-refractivity contribution in [1.29, 1.82) is 0 Å². The van der Waals surface area contributed by atoms with Crippen molar-refractivity contribution in [3.05, 3.63) is 22.8 Å². The van der Waals surface area contributed by atoms with Gasteiger partial charge in [-0.25, -0.2) is 4.98 Å². The topological polar surface area (TPSA) is 71.6 Å².